The van der Waals surface area contributed by atoms with Crippen LogP contribution in [0.4, 0.5) is 13.2 Å². The predicted octanol–water partition coefficient (Wildman–Crippen LogP) is 2.78. The first-order valence-corrected chi connectivity index (χ1v) is 7.50. The Morgan fingerprint density at radius 2 is 1.81 bits per heavy atom. The van der Waals surface area contributed by atoms with Gasteiger partial charge in [-0.1, -0.05) is 6.07 Å². The van der Waals surface area contributed by atoms with Crippen molar-refractivity contribution in [3.63, 3.8) is 0 Å². The molecule has 5 nitrogen and oxygen atoms in total. The van der Waals surface area contributed by atoms with E-state index >= 15 is 0 Å². The Kier molecular flexibility index (Phi) is 4.33. The fourth-order valence-electron chi connectivity index (χ4n) is 1.73. The number of ether oxygens (including phenoxy) is 2. The fourth-order valence-corrected chi connectivity index (χ4v) is 2.33. The van der Waals surface area contributed by atoms with Gasteiger partial charge in [0, 0.05) is 6.42 Å². The molecule has 0 N–H and O–H groups in total. The van der Waals surface area contributed by atoms with Crippen LogP contribution in [0.1, 0.15) is 25.0 Å². The van der Waals surface area contributed by atoms with E-state index in [1.165, 1.54) is 25.1 Å². The Morgan fingerprint density at radius 3 is 2.43 bits per heavy atom. The van der Waals surface area contributed by atoms with Gasteiger partial charge in [0.05, 0.1) is 19.3 Å². The van der Waals surface area contributed by atoms with Crippen LogP contribution in [0.3, 0.4) is 0 Å². The third-order valence-corrected chi connectivity index (χ3v) is 3.90. The lowest BCUT2D eigenvalue weighted by Crippen LogP contribution is -2.26. The van der Waals surface area contributed by atoms with E-state index in [9.17, 15) is 21.6 Å². The summed E-state index contributed by atoms with van der Waals surface area (Å²) < 4.78 is 73.7. The van der Waals surface area contributed by atoms with Gasteiger partial charge < -0.3 is 9.47 Å². The zero-order chi connectivity index (χ0) is 15.7. The maximum Gasteiger partial charge on any atom is 0.523 e. The van der Waals surface area contributed by atoms with E-state index in [-0.39, 0.29) is 5.56 Å². The quantitative estimate of drug-likeness (QED) is 0.631. The predicted molar refractivity (Wildman–Crippen MR) is 66.5 cm³/mol. The highest BCUT2D eigenvalue weighted by atomic mass is 32.2. The number of hydrogen-bond donors (Lipinski definition) is 0. The van der Waals surface area contributed by atoms with Crippen molar-refractivity contribution in [3.8, 4) is 11.5 Å². The van der Waals surface area contributed by atoms with Gasteiger partial charge in [-0.05, 0) is 24.6 Å². The number of hydrogen-bond acceptors (Lipinski definition) is 5. The summed E-state index contributed by atoms with van der Waals surface area (Å²) in [5, 5.41) is 0. The highest BCUT2D eigenvalue weighted by molar-refractivity contribution is 7.87. The molecule has 1 aliphatic rings. The van der Waals surface area contributed by atoms with Gasteiger partial charge in [0.1, 0.15) is 0 Å². The minimum absolute atomic E-state index is 0.243. The zero-order valence-electron chi connectivity index (χ0n) is 11.0. The standard InChI is InChI=1S/C12H13F3O5S/c1-8(20-21(16,17)12(13,14)15)9-3-4-10-11(7-9)19-6-2-5-18-10/h3-4,7-8H,2,5-6H2,1H3. The average Bonchev–Trinajstić information content (AvgIpc) is 2.60. The molecule has 0 amide bonds. The summed E-state index contributed by atoms with van der Waals surface area (Å²) in [5.74, 6) is 0.812. The highest BCUT2D eigenvalue weighted by Gasteiger charge is 2.48. The average molecular weight is 326 g/mol. The maximum absolute atomic E-state index is 12.3. The van der Waals surface area contributed by atoms with Crippen LogP contribution in [0.5, 0.6) is 11.5 Å². The van der Waals surface area contributed by atoms with Crippen LogP contribution in [-0.4, -0.2) is 27.1 Å². The molecule has 1 aromatic carbocycles. The summed E-state index contributed by atoms with van der Waals surface area (Å²) in [6.45, 7) is 2.09. The minimum atomic E-state index is -5.65. The van der Waals surface area contributed by atoms with Gasteiger partial charge in [-0.25, -0.2) is 0 Å². The Morgan fingerprint density at radius 1 is 1.19 bits per heavy atom. The summed E-state index contributed by atoms with van der Waals surface area (Å²) in [6, 6.07) is 4.36. The topological polar surface area (TPSA) is 61.8 Å². The SMILES string of the molecule is CC(OS(=O)(=O)C(F)(F)F)c1ccc2c(c1)OCCCO2. The summed E-state index contributed by atoms with van der Waals surface area (Å²) in [5.41, 5.74) is -5.21. The van der Waals surface area contributed by atoms with Crippen molar-refractivity contribution >= 4 is 10.1 Å². The number of halogens is 3. The molecule has 118 valence electrons. The molecule has 0 aromatic heterocycles. The van der Waals surface area contributed by atoms with Crippen LogP contribution in [-0.2, 0) is 14.3 Å². The van der Waals surface area contributed by atoms with Crippen LogP contribution in [0.15, 0.2) is 18.2 Å². The lowest BCUT2D eigenvalue weighted by Gasteiger charge is -2.16. The molecule has 0 spiro atoms. The van der Waals surface area contributed by atoms with Gasteiger partial charge in [0.15, 0.2) is 11.5 Å². The van der Waals surface area contributed by atoms with Crippen LogP contribution in [0.25, 0.3) is 0 Å². The van der Waals surface area contributed by atoms with Crippen LogP contribution in [0.2, 0.25) is 0 Å². The third kappa shape index (κ3) is 3.59. The fraction of sp³-hybridized carbons (Fsp3) is 0.500. The molecule has 0 radical (unpaired) electrons. The van der Waals surface area contributed by atoms with Crippen LogP contribution >= 0.6 is 0 Å². The smallest absolute Gasteiger partial charge is 0.490 e. The van der Waals surface area contributed by atoms with Gasteiger partial charge in [-0.3, -0.25) is 4.18 Å². The van der Waals surface area contributed by atoms with E-state index in [4.69, 9.17) is 9.47 Å². The van der Waals surface area contributed by atoms with Crippen molar-refractivity contribution < 1.29 is 35.2 Å². The molecule has 1 aromatic rings. The van der Waals surface area contributed by atoms with E-state index in [0.717, 1.165) is 0 Å². The van der Waals surface area contributed by atoms with E-state index < -0.39 is 21.7 Å². The van der Waals surface area contributed by atoms with Crippen molar-refractivity contribution in [3.05, 3.63) is 23.8 Å². The molecule has 2 rings (SSSR count). The van der Waals surface area contributed by atoms with Crippen molar-refractivity contribution in [2.75, 3.05) is 13.2 Å². The lowest BCUT2D eigenvalue weighted by atomic mass is 10.1. The Hall–Kier alpha value is -1.48. The molecule has 0 fully saturated rings. The van der Waals surface area contributed by atoms with Crippen molar-refractivity contribution in [2.24, 2.45) is 0 Å². The molecule has 1 atom stereocenters. The number of benzene rings is 1. The molecule has 21 heavy (non-hydrogen) atoms. The molecule has 0 bridgehead atoms. The second-order valence-corrected chi connectivity index (χ2v) is 5.96. The van der Waals surface area contributed by atoms with Gasteiger partial charge in [0.25, 0.3) is 0 Å². The molecule has 9 heteroatoms. The summed E-state index contributed by atoms with van der Waals surface area (Å²) in [7, 11) is -5.65. The van der Waals surface area contributed by atoms with Gasteiger partial charge in [-0.2, -0.15) is 21.6 Å². The first kappa shape index (κ1) is 15.9. The second kappa shape index (κ2) is 5.72. The number of alkyl halides is 3. The first-order chi connectivity index (χ1) is 9.71. The minimum Gasteiger partial charge on any atom is -0.490 e. The van der Waals surface area contributed by atoms with Crippen molar-refractivity contribution in [1.82, 2.24) is 0 Å². The monoisotopic (exact) mass is 326 g/mol. The van der Waals surface area contributed by atoms with E-state index in [1.54, 1.807) is 0 Å². The summed E-state index contributed by atoms with van der Waals surface area (Å²) >= 11 is 0. The largest absolute Gasteiger partial charge is 0.523 e. The Labute approximate surface area is 119 Å². The van der Waals surface area contributed by atoms with Crippen molar-refractivity contribution in [1.29, 1.82) is 0 Å². The molecule has 0 saturated heterocycles. The first-order valence-electron chi connectivity index (χ1n) is 6.10. The van der Waals surface area contributed by atoms with E-state index in [2.05, 4.69) is 4.18 Å². The molecule has 1 heterocycles. The third-order valence-electron chi connectivity index (χ3n) is 2.80. The van der Waals surface area contributed by atoms with Crippen molar-refractivity contribution in [2.45, 2.75) is 25.0 Å². The Balaban J connectivity index is 2.21. The normalized spacial score (nSPS) is 17.1. The summed E-state index contributed by atoms with van der Waals surface area (Å²) in [6.07, 6.45) is -0.618. The van der Waals surface area contributed by atoms with Gasteiger partial charge >= 0.3 is 15.6 Å². The molecule has 0 aliphatic carbocycles. The van der Waals surface area contributed by atoms with Gasteiger partial charge in [0.2, 0.25) is 0 Å². The second-order valence-electron chi connectivity index (χ2n) is 4.39. The molecule has 1 aliphatic heterocycles. The number of rotatable bonds is 3. The highest BCUT2D eigenvalue weighted by Crippen LogP contribution is 2.35. The van der Waals surface area contributed by atoms with Crippen LogP contribution < -0.4 is 9.47 Å². The van der Waals surface area contributed by atoms with Crippen LogP contribution in [0, 0.1) is 0 Å². The van der Waals surface area contributed by atoms with E-state index in [0.29, 0.717) is 31.1 Å². The zero-order valence-corrected chi connectivity index (χ0v) is 11.8. The number of fused-ring (bicyclic) bond motifs is 1. The molecule has 0 saturated carbocycles. The lowest BCUT2D eigenvalue weighted by molar-refractivity contribution is -0.0569. The maximum atomic E-state index is 12.3. The Bertz CT molecular complexity index is 612. The molecular weight excluding hydrogens is 313 g/mol. The molecular formula is C12H13F3O5S. The summed E-state index contributed by atoms with van der Waals surface area (Å²) in [4.78, 5) is 0. The molecule has 1 unspecified atom stereocenters. The van der Waals surface area contributed by atoms with E-state index in [1.807, 2.05) is 0 Å². The van der Waals surface area contributed by atoms with Gasteiger partial charge in [-0.15, -0.1) is 0 Å².